The topological polar surface area (TPSA) is 29.4 Å². The quantitative estimate of drug-likeness (QED) is 0.313. The van der Waals surface area contributed by atoms with Gasteiger partial charge in [-0.3, -0.25) is 0 Å². The average molecular weight is 203 g/mol. The summed E-state index contributed by atoms with van der Waals surface area (Å²) < 4.78 is 0. The summed E-state index contributed by atoms with van der Waals surface area (Å²) in [5.41, 5.74) is 1.99. The molecule has 0 aliphatic heterocycles. The van der Waals surface area contributed by atoms with Gasteiger partial charge in [0.05, 0.1) is 5.69 Å². The number of benzene rings is 1. The smallest absolute Gasteiger partial charge is 0.211 e. The number of aryl methyl sites for hydroxylation is 1. The van der Waals surface area contributed by atoms with E-state index in [9.17, 15) is 4.79 Å². The summed E-state index contributed by atoms with van der Waals surface area (Å²) in [4.78, 5) is 13.5. The van der Waals surface area contributed by atoms with Crippen molar-refractivity contribution in [2.45, 2.75) is 25.4 Å². The molecule has 0 aliphatic carbocycles. The zero-order chi connectivity index (χ0) is 10.2. The van der Waals surface area contributed by atoms with Crippen LogP contribution in [-0.4, -0.2) is 15.6 Å². The first-order valence-corrected chi connectivity index (χ1v) is 6.39. The number of rotatable bonds is 5. The maximum Gasteiger partial charge on any atom is 0.240 e. The van der Waals surface area contributed by atoms with Crippen LogP contribution >= 0.6 is 0 Å². The molecule has 0 atom stereocenters. The van der Waals surface area contributed by atoms with Crippen molar-refractivity contribution < 1.29 is 4.79 Å². The molecule has 0 fully saturated rings. The lowest BCUT2D eigenvalue weighted by Crippen LogP contribution is -1.87. The van der Waals surface area contributed by atoms with Crippen molar-refractivity contribution in [2.75, 3.05) is 0 Å². The van der Waals surface area contributed by atoms with Crippen LogP contribution in [0.25, 0.3) is 0 Å². The van der Waals surface area contributed by atoms with Gasteiger partial charge < -0.3 is 0 Å². The molecule has 0 amide bonds. The molecule has 2 radical (unpaired) electrons. The van der Waals surface area contributed by atoms with Crippen LogP contribution in [0.5, 0.6) is 0 Å². The summed E-state index contributed by atoms with van der Waals surface area (Å²) >= 11 is 0. The number of hydrogen-bond acceptors (Lipinski definition) is 2. The number of hydrogen-bond donors (Lipinski definition) is 0. The molecule has 0 saturated heterocycles. The van der Waals surface area contributed by atoms with Crippen LogP contribution in [0.2, 0.25) is 12.6 Å². The van der Waals surface area contributed by atoms with Crippen molar-refractivity contribution in [1.29, 1.82) is 0 Å². The van der Waals surface area contributed by atoms with Crippen molar-refractivity contribution in [3.05, 3.63) is 29.8 Å². The average Bonchev–Trinajstić information content (AvgIpc) is 2.21. The molecule has 0 spiro atoms. The first-order chi connectivity index (χ1) is 6.86. The molecular weight excluding hydrogens is 190 g/mol. The van der Waals surface area contributed by atoms with Crippen molar-refractivity contribution in [2.24, 2.45) is 4.99 Å². The van der Waals surface area contributed by atoms with Gasteiger partial charge in [-0.05, 0) is 24.1 Å². The fraction of sp³-hybridized carbons (Fsp3) is 0.364. The highest BCUT2D eigenvalue weighted by molar-refractivity contribution is 6.33. The summed E-state index contributed by atoms with van der Waals surface area (Å²) in [7, 11) is 1.04. The van der Waals surface area contributed by atoms with Gasteiger partial charge in [-0.25, -0.2) is 4.79 Å². The van der Waals surface area contributed by atoms with Gasteiger partial charge in [0, 0.05) is 9.52 Å². The lowest BCUT2D eigenvalue weighted by molar-refractivity contribution is 0.565. The van der Waals surface area contributed by atoms with Gasteiger partial charge in [-0.2, -0.15) is 4.99 Å². The molecule has 0 bridgehead atoms. The fourth-order valence-corrected chi connectivity index (χ4v) is 1.79. The highest BCUT2D eigenvalue weighted by atomic mass is 28.2. The largest absolute Gasteiger partial charge is 0.240 e. The minimum absolute atomic E-state index is 0.682. The molecule has 0 saturated carbocycles. The lowest BCUT2D eigenvalue weighted by atomic mass is 10.1. The maximum atomic E-state index is 9.98. The molecule has 14 heavy (non-hydrogen) atoms. The van der Waals surface area contributed by atoms with E-state index in [4.69, 9.17) is 0 Å². The Morgan fingerprint density at radius 3 is 2.64 bits per heavy atom. The summed E-state index contributed by atoms with van der Waals surface area (Å²) in [6.07, 6.45) is 3.89. The molecule has 1 rings (SSSR count). The summed E-state index contributed by atoms with van der Waals surface area (Å²) in [5.74, 6) is 0. The van der Waals surface area contributed by atoms with Crippen LogP contribution < -0.4 is 0 Å². The second kappa shape index (κ2) is 6.30. The van der Waals surface area contributed by atoms with E-state index >= 15 is 0 Å². The first-order valence-electron chi connectivity index (χ1n) is 4.68. The predicted molar refractivity (Wildman–Crippen MR) is 59.0 cm³/mol. The van der Waals surface area contributed by atoms with E-state index in [-0.39, 0.29) is 0 Å². The second-order valence-corrected chi connectivity index (χ2v) is 4.28. The zero-order valence-corrected chi connectivity index (χ0v) is 9.29. The van der Waals surface area contributed by atoms with E-state index in [1.807, 2.05) is 24.3 Å². The maximum absolute atomic E-state index is 9.98. The van der Waals surface area contributed by atoms with Gasteiger partial charge in [-0.15, -0.1) is 0 Å². The Hall–Kier alpha value is -1.18. The lowest BCUT2D eigenvalue weighted by Gasteiger charge is -1.99. The third kappa shape index (κ3) is 3.69. The summed E-state index contributed by atoms with van der Waals surface area (Å²) in [6, 6.07) is 9.06. The van der Waals surface area contributed by atoms with Crippen molar-refractivity contribution in [3.8, 4) is 0 Å². The molecular formula is C11H13NOSi. The van der Waals surface area contributed by atoms with E-state index in [0.29, 0.717) is 5.69 Å². The highest BCUT2D eigenvalue weighted by Crippen LogP contribution is 2.13. The van der Waals surface area contributed by atoms with Gasteiger partial charge in [-0.1, -0.05) is 31.1 Å². The number of carbonyl (C=O) groups excluding carboxylic acids is 1. The third-order valence-corrected chi connectivity index (χ3v) is 2.86. The SMILES string of the molecule is C[Si]CCCc1ccc(N=C=O)cc1. The number of nitrogens with zero attached hydrogens (tertiary/aromatic N) is 1. The number of aliphatic imine (C=N–C) groups is 1. The predicted octanol–water partition coefficient (Wildman–Crippen LogP) is 2.76. The molecule has 0 heterocycles. The van der Waals surface area contributed by atoms with Crippen LogP contribution in [0.1, 0.15) is 12.0 Å². The Morgan fingerprint density at radius 1 is 1.36 bits per heavy atom. The van der Waals surface area contributed by atoms with Crippen LogP contribution in [-0.2, 0) is 11.2 Å². The highest BCUT2D eigenvalue weighted by Gasteiger charge is 1.93. The Morgan fingerprint density at radius 2 is 2.07 bits per heavy atom. The molecule has 0 N–H and O–H groups in total. The Bertz CT molecular complexity index is 315. The molecule has 0 aliphatic rings. The van der Waals surface area contributed by atoms with Gasteiger partial charge in [0.1, 0.15) is 0 Å². The van der Waals surface area contributed by atoms with Gasteiger partial charge >= 0.3 is 0 Å². The zero-order valence-electron chi connectivity index (χ0n) is 8.29. The van der Waals surface area contributed by atoms with Crippen LogP contribution in [0, 0.1) is 0 Å². The molecule has 3 heteroatoms. The van der Waals surface area contributed by atoms with Crippen molar-refractivity contribution in [3.63, 3.8) is 0 Å². The normalized spacial score (nSPS) is 9.50. The van der Waals surface area contributed by atoms with Crippen molar-refractivity contribution >= 4 is 21.3 Å². The van der Waals surface area contributed by atoms with Gasteiger partial charge in [0.25, 0.3) is 0 Å². The minimum Gasteiger partial charge on any atom is -0.211 e. The van der Waals surface area contributed by atoms with Crippen LogP contribution in [0.4, 0.5) is 5.69 Å². The van der Waals surface area contributed by atoms with Gasteiger partial charge in [0.2, 0.25) is 6.08 Å². The second-order valence-electron chi connectivity index (χ2n) is 3.08. The fourth-order valence-electron chi connectivity index (χ4n) is 1.26. The van der Waals surface area contributed by atoms with E-state index in [1.54, 1.807) is 0 Å². The van der Waals surface area contributed by atoms with E-state index < -0.39 is 0 Å². The summed E-state index contributed by atoms with van der Waals surface area (Å²) in [5, 5.41) is 0. The first kappa shape index (κ1) is 10.9. The molecule has 1 aromatic rings. The Kier molecular flexibility index (Phi) is 4.90. The molecule has 72 valence electrons. The minimum atomic E-state index is 0.682. The van der Waals surface area contributed by atoms with Gasteiger partial charge in [0.15, 0.2) is 0 Å². The van der Waals surface area contributed by atoms with E-state index in [1.165, 1.54) is 24.1 Å². The molecule has 0 unspecified atom stereocenters. The van der Waals surface area contributed by atoms with Crippen LogP contribution in [0.15, 0.2) is 29.3 Å². The molecule has 2 nitrogen and oxygen atoms in total. The standard InChI is InChI=1S/C11H13NOSi/c1-14-8-2-3-10-4-6-11(7-5-10)12-9-13/h4-7H,2-3,8H2,1H3. The van der Waals surface area contributed by atoms with Crippen LogP contribution in [0.3, 0.4) is 0 Å². The number of isocyanates is 1. The molecule has 0 aromatic heterocycles. The summed E-state index contributed by atoms with van der Waals surface area (Å²) in [6.45, 7) is 2.22. The Balaban J connectivity index is 2.50. The van der Waals surface area contributed by atoms with Crippen molar-refractivity contribution in [1.82, 2.24) is 0 Å². The van der Waals surface area contributed by atoms with E-state index in [2.05, 4.69) is 11.5 Å². The Labute approximate surface area is 86.9 Å². The van der Waals surface area contributed by atoms with E-state index in [0.717, 1.165) is 15.9 Å². The molecule has 1 aromatic carbocycles. The third-order valence-electron chi connectivity index (χ3n) is 2.00. The monoisotopic (exact) mass is 203 g/mol.